The number of nitrogens with zero attached hydrogens (tertiary/aromatic N) is 4. The lowest BCUT2D eigenvalue weighted by Gasteiger charge is -2.36. The zero-order chi connectivity index (χ0) is 37.0. The number of carbonyl (C=O) groups excluding carboxylic acids is 1. The highest BCUT2D eigenvalue weighted by Gasteiger charge is 2.33. The van der Waals surface area contributed by atoms with Crippen molar-refractivity contribution < 1.29 is 34.4 Å². The number of aromatic hydroxyl groups is 1. The molecule has 1 aliphatic rings. The van der Waals surface area contributed by atoms with E-state index in [1.54, 1.807) is 28.9 Å². The van der Waals surface area contributed by atoms with Gasteiger partial charge in [0.2, 0.25) is 11.1 Å². The smallest absolute Gasteiger partial charge is 0.303 e. The second-order valence-corrected chi connectivity index (χ2v) is 13.9. The summed E-state index contributed by atoms with van der Waals surface area (Å²) in [6, 6.07) is 30.5. The Labute approximate surface area is 312 Å². The summed E-state index contributed by atoms with van der Waals surface area (Å²) in [6.45, 7) is 0.364. The van der Waals surface area contributed by atoms with Crippen LogP contribution < -0.4 is 5.32 Å². The number of carboxylic acids is 1. The number of benzene rings is 4. The number of ether oxygens (including phenoxy) is 2. The van der Waals surface area contributed by atoms with E-state index in [1.807, 2.05) is 72.8 Å². The second-order valence-electron chi connectivity index (χ2n) is 12.9. The molecule has 0 spiro atoms. The van der Waals surface area contributed by atoms with Crippen molar-refractivity contribution in [2.24, 2.45) is 0 Å². The first-order chi connectivity index (χ1) is 25.9. The average molecular weight is 738 g/mol. The van der Waals surface area contributed by atoms with Crippen molar-refractivity contribution in [1.29, 1.82) is 0 Å². The Morgan fingerprint density at radius 3 is 2.30 bits per heavy atom. The zero-order valence-corrected chi connectivity index (χ0v) is 30.0. The summed E-state index contributed by atoms with van der Waals surface area (Å²) in [6.07, 6.45) is 3.07. The van der Waals surface area contributed by atoms with E-state index in [0.29, 0.717) is 36.7 Å². The molecule has 4 aromatic carbocycles. The average Bonchev–Trinajstić information content (AvgIpc) is 3.66. The summed E-state index contributed by atoms with van der Waals surface area (Å²) in [4.78, 5) is 23.2. The van der Waals surface area contributed by atoms with Gasteiger partial charge in [-0.3, -0.25) is 9.59 Å². The number of carbonyl (C=O) groups is 2. The van der Waals surface area contributed by atoms with Crippen molar-refractivity contribution in [3.63, 3.8) is 0 Å². The Morgan fingerprint density at radius 2 is 1.57 bits per heavy atom. The summed E-state index contributed by atoms with van der Waals surface area (Å²) in [5.74, 6) is -0.0887. The maximum atomic E-state index is 12.6. The number of aromatic nitrogens is 4. The summed E-state index contributed by atoms with van der Waals surface area (Å²) in [5, 5.41) is 43.9. The topological polar surface area (TPSA) is 169 Å². The number of nitrogens with one attached hydrogen (secondary N) is 1. The Balaban J connectivity index is 1.12. The molecular formula is C40H43N5O7S. The lowest BCUT2D eigenvalue weighted by Crippen LogP contribution is -2.31. The maximum Gasteiger partial charge on any atom is 0.303 e. The molecule has 5 aromatic rings. The van der Waals surface area contributed by atoms with Gasteiger partial charge in [-0.2, -0.15) is 4.68 Å². The molecule has 2 heterocycles. The van der Waals surface area contributed by atoms with E-state index in [2.05, 4.69) is 20.8 Å². The highest BCUT2D eigenvalue weighted by atomic mass is 32.2. The lowest BCUT2D eigenvalue weighted by molar-refractivity contribution is -0.245. The van der Waals surface area contributed by atoms with Crippen LogP contribution >= 0.6 is 11.8 Å². The van der Waals surface area contributed by atoms with Crippen molar-refractivity contribution in [2.45, 2.75) is 81.8 Å². The van der Waals surface area contributed by atoms with Crippen molar-refractivity contribution in [1.82, 2.24) is 25.5 Å². The molecule has 0 saturated carbocycles. The van der Waals surface area contributed by atoms with Crippen LogP contribution in [0, 0.1) is 0 Å². The molecule has 12 nitrogen and oxygen atoms in total. The quantitative estimate of drug-likeness (QED) is 0.0578. The Hall–Kier alpha value is -5.08. The van der Waals surface area contributed by atoms with Gasteiger partial charge in [-0.15, -0.1) is 5.10 Å². The van der Waals surface area contributed by atoms with Crippen LogP contribution in [0.25, 0.3) is 16.8 Å². The van der Waals surface area contributed by atoms with Crippen LogP contribution in [0.3, 0.4) is 0 Å². The number of thioether (sulfide) groups is 1. The molecule has 6 rings (SSSR count). The molecule has 0 aliphatic carbocycles. The van der Waals surface area contributed by atoms with Crippen LogP contribution in [0.15, 0.2) is 102 Å². The minimum Gasteiger partial charge on any atom is -0.508 e. The third-order valence-corrected chi connectivity index (χ3v) is 10.1. The third-order valence-electron chi connectivity index (χ3n) is 9.08. The highest BCUT2D eigenvalue weighted by molar-refractivity contribution is 7.99. The molecule has 0 radical (unpaired) electrons. The van der Waals surface area contributed by atoms with Gasteiger partial charge in [-0.25, -0.2) is 0 Å². The fraction of sp³-hybridized carbons (Fsp3) is 0.325. The van der Waals surface area contributed by atoms with E-state index in [-0.39, 0.29) is 36.9 Å². The first-order valence-corrected chi connectivity index (χ1v) is 18.7. The molecule has 53 heavy (non-hydrogen) atoms. The highest BCUT2D eigenvalue weighted by Crippen LogP contribution is 2.40. The van der Waals surface area contributed by atoms with Gasteiger partial charge in [0, 0.05) is 37.1 Å². The molecule has 4 N–H and O–H groups in total. The number of phenolic OH excluding ortho intramolecular Hbond substituents is 1. The lowest BCUT2D eigenvalue weighted by atomic mass is 9.97. The van der Waals surface area contributed by atoms with Gasteiger partial charge < -0.3 is 30.1 Å². The number of hydrogen-bond acceptors (Lipinski definition) is 10. The van der Waals surface area contributed by atoms with Gasteiger partial charge in [-0.05, 0) is 75.4 Å². The molecular weight excluding hydrogens is 695 g/mol. The fourth-order valence-electron chi connectivity index (χ4n) is 6.19. The van der Waals surface area contributed by atoms with Crippen LogP contribution in [0.1, 0.15) is 79.6 Å². The van der Waals surface area contributed by atoms with Crippen LogP contribution in [0.2, 0.25) is 0 Å². The summed E-state index contributed by atoms with van der Waals surface area (Å²) < 4.78 is 14.8. The molecule has 0 bridgehead atoms. The Morgan fingerprint density at radius 1 is 0.849 bits per heavy atom. The number of phenols is 1. The predicted octanol–water partition coefficient (Wildman–Crippen LogP) is 6.91. The standard InChI is InChI=1S/C40H43N5O7S/c46-25-27-11-13-29(14-12-27)36-23-34(26-53-40-42-43-44-45(40)32-19-21-33(47)22-20-32)51-39(52-36)30-17-15-28(16-18-30)35-8-6-5-7-31(35)24-41-37(48)9-3-1-2-4-10-38(49)50/h5-8,11-22,34,36,39,46-47H,1-4,9-10,23-26H2,(H,41,48)(H,49,50)/t34-,36+,39+/m1/s1. The minimum atomic E-state index is -0.786. The number of rotatable bonds is 17. The largest absolute Gasteiger partial charge is 0.508 e. The van der Waals surface area contributed by atoms with E-state index in [0.717, 1.165) is 58.3 Å². The van der Waals surface area contributed by atoms with Gasteiger partial charge in [0.25, 0.3) is 0 Å². The minimum absolute atomic E-state index is 0.0230. The number of amides is 1. The summed E-state index contributed by atoms with van der Waals surface area (Å²) in [5.41, 5.74) is 6.42. The second kappa shape index (κ2) is 18.6. The molecule has 0 unspecified atom stereocenters. The van der Waals surface area contributed by atoms with Crippen molar-refractivity contribution in [3.8, 4) is 22.6 Å². The summed E-state index contributed by atoms with van der Waals surface area (Å²) in [7, 11) is 0. The number of aliphatic hydroxyl groups is 1. The predicted molar refractivity (Wildman–Crippen MR) is 199 cm³/mol. The number of hydrogen-bond donors (Lipinski definition) is 4. The van der Waals surface area contributed by atoms with Crippen molar-refractivity contribution >= 4 is 23.6 Å². The number of tetrazole rings is 1. The molecule has 1 amide bonds. The van der Waals surface area contributed by atoms with E-state index in [1.165, 1.54) is 11.8 Å². The SMILES string of the molecule is O=C(O)CCCCCCC(=O)NCc1ccccc1-c1ccc([C@H]2O[C@@H](CSc3nnnn3-c3ccc(O)cc3)C[C@@H](c3ccc(CO)cc3)O2)cc1. The first-order valence-electron chi connectivity index (χ1n) is 17.7. The van der Waals surface area contributed by atoms with Gasteiger partial charge in [0.05, 0.1) is 24.5 Å². The van der Waals surface area contributed by atoms with Crippen molar-refractivity contribution in [2.75, 3.05) is 5.75 Å². The van der Waals surface area contributed by atoms with Gasteiger partial charge >= 0.3 is 5.97 Å². The summed E-state index contributed by atoms with van der Waals surface area (Å²) >= 11 is 1.48. The van der Waals surface area contributed by atoms with Crippen LogP contribution in [0.4, 0.5) is 0 Å². The molecule has 13 heteroatoms. The first kappa shape index (κ1) is 37.7. The number of aliphatic hydroxyl groups excluding tert-OH is 1. The monoisotopic (exact) mass is 737 g/mol. The molecule has 1 fully saturated rings. The molecule has 1 saturated heterocycles. The third kappa shape index (κ3) is 10.5. The maximum absolute atomic E-state index is 12.6. The molecule has 276 valence electrons. The van der Waals surface area contributed by atoms with Gasteiger partial charge in [0.15, 0.2) is 6.29 Å². The fourth-order valence-corrected chi connectivity index (χ4v) is 7.10. The van der Waals surface area contributed by atoms with E-state index in [4.69, 9.17) is 14.6 Å². The van der Waals surface area contributed by atoms with Gasteiger partial charge in [0.1, 0.15) is 5.75 Å². The van der Waals surface area contributed by atoms with Gasteiger partial charge in [-0.1, -0.05) is 97.4 Å². The number of carboxylic acid groups (broad SMARTS) is 1. The Kier molecular flexibility index (Phi) is 13.2. The van der Waals surface area contributed by atoms with E-state index < -0.39 is 12.3 Å². The molecule has 1 aromatic heterocycles. The van der Waals surface area contributed by atoms with Crippen LogP contribution in [-0.4, -0.2) is 59.3 Å². The van der Waals surface area contributed by atoms with E-state index in [9.17, 15) is 19.8 Å². The van der Waals surface area contributed by atoms with Crippen molar-refractivity contribution in [3.05, 3.63) is 119 Å². The zero-order valence-electron chi connectivity index (χ0n) is 29.2. The number of aliphatic carboxylic acids is 1. The van der Waals surface area contributed by atoms with Crippen LogP contribution in [-0.2, 0) is 32.2 Å². The Bertz CT molecular complexity index is 1940. The molecule has 1 aliphatic heterocycles. The number of unbranched alkanes of at least 4 members (excludes halogenated alkanes) is 3. The van der Waals surface area contributed by atoms with Crippen LogP contribution in [0.5, 0.6) is 5.75 Å². The molecule has 3 atom stereocenters. The van der Waals surface area contributed by atoms with E-state index >= 15 is 0 Å². The normalized spacial score (nSPS) is 17.0.